The average Bonchev–Trinajstić information content (AvgIpc) is 2.50. The van der Waals surface area contributed by atoms with Crippen LogP contribution in [0.1, 0.15) is 12.1 Å². The summed E-state index contributed by atoms with van der Waals surface area (Å²) in [5.41, 5.74) is 6.05. The van der Waals surface area contributed by atoms with Gasteiger partial charge in [-0.25, -0.2) is 18.4 Å². The van der Waals surface area contributed by atoms with Crippen molar-refractivity contribution in [3.63, 3.8) is 0 Å². The minimum atomic E-state index is -2.95. The van der Waals surface area contributed by atoms with Gasteiger partial charge in [0.05, 0.1) is 11.5 Å². The Morgan fingerprint density at radius 2 is 2.00 bits per heavy atom. The Balaban J connectivity index is 2.29. The van der Waals surface area contributed by atoms with Gasteiger partial charge in [-0.05, 0) is 6.42 Å². The summed E-state index contributed by atoms with van der Waals surface area (Å²) in [6.07, 6.45) is 3.65. The highest BCUT2D eigenvalue weighted by molar-refractivity contribution is 7.91. The van der Waals surface area contributed by atoms with Gasteiger partial charge >= 0.3 is 0 Å². The molecule has 0 aliphatic carbocycles. The van der Waals surface area contributed by atoms with Crippen LogP contribution in [0, 0.1) is 0 Å². The number of nitrogens with zero attached hydrogens (tertiary/aromatic N) is 3. The minimum absolute atomic E-state index is 0.125. The number of thiocarbonyl (C=S) groups is 1. The van der Waals surface area contributed by atoms with Crippen molar-refractivity contribution in [3.05, 3.63) is 18.1 Å². The number of nitrogens with two attached hydrogens (primary N) is 1. The molecule has 2 heterocycles. The first-order valence-electron chi connectivity index (χ1n) is 5.56. The molecule has 0 spiro atoms. The molecule has 0 radical (unpaired) electrons. The maximum Gasteiger partial charge on any atom is 0.157 e. The highest BCUT2D eigenvalue weighted by Gasteiger charge is 2.22. The van der Waals surface area contributed by atoms with Crippen LogP contribution >= 0.6 is 12.2 Å². The molecule has 1 aromatic rings. The second kappa shape index (κ2) is 5.15. The molecule has 18 heavy (non-hydrogen) atoms. The van der Waals surface area contributed by atoms with Crippen LogP contribution in [-0.4, -0.2) is 48.0 Å². The molecule has 1 aliphatic rings. The Morgan fingerprint density at radius 1 is 1.28 bits per heavy atom. The minimum Gasteiger partial charge on any atom is -0.388 e. The molecule has 6 nitrogen and oxygen atoms in total. The molecule has 8 heteroatoms. The predicted octanol–water partition coefficient (Wildman–Crippen LogP) is -0.264. The van der Waals surface area contributed by atoms with Gasteiger partial charge in [0, 0.05) is 25.5 Å². The molecule has 1 aromatic heterocycles. The molecule has 0 saturated carbocycles. The van der Waals surface area contributed by atoms with Gasteiger partial charge < -0.3 is 10.6 Å². The maximum absolute atomic E-state index is 11.6. The third kappa shape index (κ3) is 2.94. The van der Waals surface area contributed by atoms with Gasteiger partial charge in [0.25, 0.3) is 0 Å². The van der Waals surface area contributed by atoms with Crippen molar-refractivity contribution in [2.75, 3.05) is 29.5 Å². The third-order valence-electron chi connectivity index (χ3n) is 2.77. The van der Waals surface area contributed by atoms with E-state index in [1.807, 2.05) is 4.90 Å². The summed E-state index contributed by atoms with van der Waals surface area (Å²) in [5, 5.41) is 0. The first kappa shape index (κ1) is 13.2. The lowest BCUT2D eigenvalue weighted by Crippen LogP contribution is -2.30. The maximum atomic E-state index is 11.6. The van der Waals surface area contributed by atoms with Crippen LogP contribution in [0.15, 0.2) is 12.4 Å². The van der Waals surface area contributed by atoms with Crippen LogP contribution in [0.3, 0.4) is 0 Å². The number of hydrogen-bond acceptors (Lipinski definition) is 6. The molecule has 0 amide bonds. The van der Waals surface area contributed by atoms with Crippen molar-refractivity contribution in [3.8, 4) is 0 Å². The fourth-order valence-electron chi connectivity index (χ4n) is 1.89. The Hall–Kier alpha value is -1.28. The standard InChI is InChI=1S/C10H14N4O2S2/c11-9(17)8-10(13-3-2-12-8)14-4-1-6-18(15,16)7-5-14/h2-3H,1,4-7H2,(H2,11,17). The number of rotatable bonds is 2. The Labute approximate surface area is 111 Å². The normalized spacial score (nSPS) is 19.2. The third-order valence-corrected chi connectivity index (χ3v) is 4.68. The van der Waals surface area contributed by atoms with Crippen molar-refractivity contribution in [2.24, 2.45) is 5.73 Å². The number of hydrogen-bond donors (Lipinski definition) is 1. The van der Waals surface area contributed by atoms with Crippen molar-refractivity contribution in [1.82, 2.24) is 9.97 Å². The van der Waals surface area contributed by atoms with E-state index < -0.39 is 9.84 Å². The molecule has 2 rings (SSSR count). The van der Waals surface area contributed by atoms with Crippen LogP contribution in [0.25, 0.3) is 0 Å². The van der Waals surface area contributed by atoms with Gasteiger partial charge in [0.2, 0.25) is 0 Å². The zero-order valence-electron chi connectivity index (χ0n) is 9.74. The molecule has 0 atom stereocenters. The van der Waals surface area contributed by atoms with Crippen molar-refractivity contribution >= 4 is 32.9 Å². The molecular weight excluding hydrogens is 272 g/mol. The highest BCUT2D eigenvalue weighted by Crippen LogP contribution is 2.17. The van der Waals surface area contributed by atoms with Gasteiger partial charge in [-0.1, -0.05) is 12.2 Å². The van der Waals surface area contributed by atoms with Crippen molar-refractivity contribution in [1.29, 1.82) is 0 Å². The summed E-state index contributed by atoms with van der Waals surface area (Å²) in [6.45, 7) is 1.02. The monoisotopic (exact) mass is 286 g/mol. The lowest BCUT2D eigenvalue weighted by atomic mass is 10.3. The fraction of sp³-hybridized carbons (Fsp3) is 0.500. The van der Waals surface area contributed by atoms with Gasteiger partial charge in [-0.2, -0.15) is 0 Å². The number of aromatic nitrogens is 2. The van der Waals surface area contributed by atoms with E-state index in [1.165, 1.54) is 6.20 Å². The average molecular weight is 286 g/mol. The SMILES string of the molecule is NC(=S)c1nccnc1N1CCCS(=O)(=O)CC1. The summed E-state index contributed by atoms with van der Waals surface area (Å²) < 4.78 is 23.1. The van der Waals surface area contributed by atoms with Crippen LogP contribution in [0.5, 0.6) is 0 Å². The topological polar surface area (TPSA) is 89.2 Å². The lowest BCUT2D eigenvalue weighted by Gasteiger charge is -2.22. The lowest BCUT2D eigenvalue weighted by molar-refractivity contribution is 0.597. The van der Waals surface area contributed by atoms with E-state index in [0.29, 0.717) is 31.0 Å². The largest absolute Gasteiger partial charge is 0.388 e. The molecule has 1 saturated heterocycles. The molecule has 0 unspecified atom stereocenters. The van der Waals surface area contributed by atoms with Gasteiger partial charge in [0.15, 0.2) is 15.7 Å². The number of sulfone groups is 1. The van der Waals surface area contributed by atoms with E-state index in [0.717, 1.165) is 0 Å². The number of anilines is 1. The highest BCUT2D eigenvalue weighted by atomic mass is 32.2. The fourth-order valence-corrected chi connectivity index (χ4v) is 3.30. The molecule has 0 bridgehead atoms. The summed E-state index contributed by atoms with van der Waals surface area (Å²) in [4.78, 5) is 10.4. The Bertz CT molecular complexity index is 559. The molecule has 1 fully saturated rings. The molecule has 0 aromatic carbocycles. The quantitative estimate of drug-likeness (QED) is 0.749. The summed E-state index contributed by atoms with van der Waals surface area (Å²) in [7, 11) is -2.95. The summed E-state index contributed by atoms with van der Waals surface area (Å²) >= 11 is 4.93. The van der Waals surface area contributed by atoms with Gasteiger partial charge in [-0.3, -0.25) is 0 Å². The Kier molecular flexibility index (Phi) is 3.76. The van der Waals surface area contributed by atoms with Crippen LogP contribution in [0.2, 0.25) is 0 Å². The van der Waals surface area contributed by atoms with Crippen LogP contribution in [0.4, 0.5) is 5.82 Å². The predicted molar refractivity (Wildman–Crippen MR) is 73.4 cm³/mol. The Morgan fingerprint density at radius 3 is 2.72 bits per heavy atom. The van der Waals surface area contributed by atoms with E-state index in [9.17, 15) is 8.42 Å². The van der Waals surface area contributed by atoms with E-state index in [1.54, 1.807) is 6.20 Å². The van der Waals surface area contributed by atoms with E-state index in [-0.39, 0.29) is 16.5 Å². The van der Waals surface area contributed by atoms with Crippen molar-refractivity contribution < 1.29 is 8.42 Å². The van der Waals surface area contributed by atoms with Gasteiger partial charge in [0.1, 0.15) is 10.7 Å². The smallest absolute Gasteiger partial charge is 0.157 e. The van der Waals surface area contributed by atoms with Gasteiger partial charge in [-0.15, -0.1) is 0 Å². The first-order valence-corrected chi connectivity index (χ1v) is 7.79. The summed E-state index contributed by atoms with van der Waals surface area (Å²) in [6, 6.07) is 0. The summed E-state index contributed by atoms with van der Waals surface area (Å²) in [5.74, 6) is 0.911. The second-order valence-electron chi connectivity index (χ2n) is 4.09. The van der Waals surface area contributed by atoms with E-state index in [2.05, 4.69) is 9.97 Å². The van der Waals surface area contributed by atoms with Crippen LogP contribution in [-0.2, 0) is 9.84 Å². The zero-order chi connectivity index (χ0) is 13.2. The molecule has 1 aliphatic heterocycles. The van der Waals surface area contributed by atoms with Crippen molar-refractivity contribution in [2.45, 2.75) is 6.42 Å². The zero-order valence-corrected chi connectivity index (χ0v) is 11.4. The van der Waals surface area contributed by atoms with Crippen LogP contribution < -0.4 is 10.6 Å². The van der Waals surface area contributed by atoms with E-state index >= 15 is 0 Å². The molecular formula is C10H14N4O2S2. The van der Waals surface area contributed by atoms with E-state index in [4.69, 9.17) is 18.0 Å². The molecule has 2 N–H and O–H groups in total. The first-order chi connectivity index (χ1) is 8.49. The molecule has 98 valence electrons. The second-order valence-corrected chi connectivity index (χ2v) is 6.83.